The molecule has 2 saturated heterocycles. The molecule has 0 amide bonds. The Bertz CT molecular complexity index is 485. The molecule has 0 radical (unpaired) electrons. The lowest BCUT2D eigenvalue weighted by molar-refractivity contribution is -0.0247. The van der Waals surface area contributed by atoms with Crippen LogP contribution in [-0.2, 0) is 9.47 Å². The van der Waals surface area contributed by atoms with Gasteiger partial charge in [0.15, 0.2) is 0 Å². The van der Waals surface area contributed by atoms with Crippen LogP contribution in [-0.4, -0.2) is 78.7 Å². The highest BCUT2D eigenvalue weighted by Crippen LogP contribution is 2.42. The van der Waals surface area contributed by atoms with Crippen molar-refractivity contribution in [2.75, 3.05) is 39.5 Å². The first-order chi connectivity index (χ1) is 11.0. The maximum absolute atomic E-state index is 5.93. The molecule has 23 heavy (non-hydrogen) atoms. The fourth-order valence-corrected chi connectivity index (χ4v) is 3.29. The van der Waals surface area contributed by atoms with Crippen molar-refractivity contribution in [3.8, 4) is 0 Å². The quantitative estimate of drug-likeness (QED) is 0.545. The summed E-state index contributed by atoms with van der Waals surface area (Å²) < 4.78 is 11.5. The predicted octanol–water partition coefficient (Wildman–Crippen LogP) is 1.75. The average molecular weight is 322 g/mol. The van der Waals surface area contributed by atoms with E-state index in [0.717, 1.165) is 51.3 Å². The second kappa shape index (κ2) is 6.77. The lowest BCUT2D eigenvalue weighted by Crippen LogP contribution is -2.49. The largest absolute Gasteiger partial charge is 0.377 e. The van der Waals surface area contributed by atoms with E-state index in [4.69, 9.17) is 19.5 Å². The van der Waals surface area contributed by atoms with Gasteiger partial charge in [0.05, 0.1) is 31.5 Å². The molecule has 3 aliphatic rings. The summed E-state index contributed by atoms with van der Waals surface area (Å²) in [5, 5.41) is 0. The molecule has 0 unspecified atom stereocenters. The Morgan fingerprint density at radius 1 is 1.22 bits per heavy atom. The molecule has 6 heteroatoms. The highest BCUT2D eigenvalue weighted by atomic mass is 16.5. The maximum Gasteiger partial charge on any atom is 0.222 e. The van der Waals surface area contributed by atoms with E-state index in [9.17, 15) is 0 Å². The van der Waals surface area contributed by atoms with E-state index < -0.39 is 0 Å². The summed E-state index contributed by atoms with van der Waals surface area (Å²) >= 11 is 0. The number of guanidine groups is 1. The molecule has 1 saturated carbocycles. The molecule has 1 atom stereocenters. The number of ether oxygens (including phenoxy) is 2. The lowest BCUT2D eigenvalue weighted by Gasteiger charge is -2.37. The molecule has 0 aromatic heterocycles. The summed E-state index contributed by atoms with van der Waals surface area (Å²) in [4.78, 5) is 14.3. The van der Waals surface area contributed by atoms with Crippen molar-refractivity contribution in [3.05, 3.63) is 0 Å². The summed E-state index contributed by atoms with van der Waals surface area (Å²) in [6.45, 7) is 13.5. The average Bonchev–Trinajstić information content (AvgIpc) is 3.25. The van der Waals surface area contributed by atoms with Crippen LogP contribution in [0.4, 0.5) is 0 Å². The number of hydrogen-bond donors (Lipinski definition) is 0. The van der Waals surface area contributed by atoms with E-state index in [1.807, 2.05) is 0 Å². The fraction of sp³-hybridized carbons (Fsp3) is 0.882. The van der Waals surface area contributed by atoms with Crippen molar-refractivity contribution >= 4 is 11.8 Å². The van der Waals surface area contributed by atoms with Crippen molar-refractivity contribution < 1.29 is 9.47 Å². The van der Waals surface area contributed by atoms with Gasteiger partial charge in [-0.15, -0.1) is 0 Å². The van der Waals surface area contributed by atoms with E-state index in [1.165, 1.54) is 12.8 Å². The van der Waals surface area contributed by atoms with Gasteiger partial charge in [0.1, 0.15) is 5.84 Å². The third kappa shape index (κ3) is 4.04. The summed E-state index contributed by atoms with van der Waals surface area (Å²) in [5.74, 6) is 1.90. The first kappa shape index (κ1) is 16.7. The molecule has 1 spiro atoms. The van der Waals surface area contributed by atoms with Crippen LogP contribution in [0.15, 0.2) is 9.98 Å². The lowest BCUT2D eigenvalue weighted by atomic mass is 10.2. The van der Waals surface area contributed by atoms with Crippen molar-refractivity contribution in [1.29, 1.82) is 0 Å². The Hall–Kier alpha value is -1.14. The molecule has 0 aromatic rings. The first-order valence-electron chi connectivity index (χ1n) is 8.85. The molecule has 1 aliphatic carbocycles. The Kier molecular flexibility index (Phi) is 4.92. The molecule has 3 fully saturated rings. The van der Waals surface area contributed by atoms with Crippen LogP contribution in [0.1, 0.15) is 40.5 Å². The predicted molar refractivity (Wildman–Crippen MR) is 92.2 cm³/mol. The fourth-order valence-electron chi connectivity index (χ4n) is 3.29. The van der Waals surface area contributed by atoms with Crippen LogP contribution in [0.3, 0.4) is 0 Å². The van der Waals surface area contributed by atoms with Gasteiger partial charge in [0.2, 0.25) is 5.96 Å². The molecule has 3 rings (SSSR count). The van der Waals surface area contributed by atoms with Crippen LogP contribution < -0.4 is 0 Å². The van der Waals surface area contributed by atoms with Crippen LogP contribution in [0.2, 0.25) is 0 Å². The molecular formula is C17H30N4O2. The van der Waals surface area contributed by atoms with Crippen molar-refractivity contribution in [1.82, 2.24) is 9.80 Å². The topological polar surface area (TPSA) is 49.7 Å². The number of amidine groups is 1. The van der Waals surface area contributed by atoms with E-state index in [0.29, 0.717) is 6.04 Å². The van der Waals surface area contributed by atoms with Gasteiger partial charge in [-0.05, 0) is 40.5 Å². The number of morpholine rings is 2. The van der Waals surface area contributed by atoms with Crippen LogP contribution >= 0.6 is 0 Å². The van der Waals surface area contributed by atoms with Crippen molar-refractivity contribution in [2.45, 2.75) is 58.2 Å². The Balaban J connectivity index is 1.77. The Morgan fingerprint density at radius 2 is 2.00 bits per heavy atom. The molecule has 130 valence electrons. The summed E-state index contributed by atoms with van der Waals surface area (Å²) in [6, 6.07) is 0.605. The maximum atomic E-state index is 5.93. The monoisotopic (exact) mass is 322 g/mol. The first-order valence-corrected chi connectivity index (χ1v) is 8.85. The summed E-state index contributed by atoms with van der Waals surface area (Å²) in [6.07, 6.45) is 2.34. The summed E-state index contributed by atoms with van der Waals surface area (Å²) in [5.41, 5.74) is 0.0890. The third-order valence-electron chi connectivity index (χ3n) is 4.76. The standard InChI is InChI=1S/C17H30N4O2/c1-13(2)18-16(20-7-10-23-17(12-20)5-6-17)19-15(4)21-8-9-22-11-14(21)3/h13-14H,5-12H2,1-4H3/b18-16+,19-15+/t14-/m0/s1. The smallest absolute Gasteiger partial charge is 0.222 e. The normalized spacial score (nSPS) is 28.7. The third-order valence-corrected chi connectivity index (χ3v) is 4.76. The van der Waals surface area contributed by atoms with Gasteiger partial charge < -0.3 is 19.3 Å². The SMILES string of the molecule is C/C(=N\C(=N/C(C)C)N1CCOC2(CC2)C1)N1CCOC[C@@H]1C. The van der Waals surface area contributed by atoms with Gasteiger partial charge in [-0.1, -0.05) is 0 Å². The van der Waals surface area contributed by atoms with Gasteiger partial charge in [-0.3, -0.25) is 0 Å². The van der Waals surface area contributed by atoms with E-state index in [-0.39, 0.29) is 11.6 Å². The van der Waals surface area contributed by atoms with Crippen LogP contribution in [0.5, 0.6) is 0 Å². The Morgan fingerprint density at radius 3 is 2.65 bits per heavy atom. The second-order valence-electron chi connectivity index (χ2n) is 7.25. The second-order valence-corrected chi connectivity index (χ2v) is 7.25. The highest BCUT2D eigenvalue weighted by molar-refractivity contribution is 5.95. The van der Waals surface area contributed by atoms with Crippen LogP contribution in [0, 0.1) is 0 Å². The summed E-state index contributed by atoms with van der Waals surface area (Å²) in [7, 11) is 0. The molecule has 2 heterocycles. The zero-order chi connectivity index (χ0) is 16.4. The number of nitrogens with zero attached hydrogens (tertiary/aromatic N) is 4. The van der Waals surface area contributed by atoms with Crippen molar-refractivity contribution in [2.24, 2.45) is 9.98 Å². The number of aliphatic imine (C=N–C) groups is 2. The van der Waals surface area contributed by atoms with Gasteiger partial charge in [0, 0.05) is 25.7 Å². The zero-order valence-corrected chi connectivity index (χ0v) is 14.9. The zero-order valence-electron chi connectivity index (χ0n) is 14.9. The van der Waals surface area contributed by atoms with Gasteiger partial charge >= 0.3 is 0 Å². The molecule has 0 bridgehead atoms. The van der Waals surface area contributed by atoms with Crippen molar-refractivity contribution in [3.63, 3.8) is 0 Å². The van der Waals surface area contributed by atoms with Crippen LogP contribution in [0.25, 0.3) is 0 Å². The molecule has 2 aliphatic heterocycles. The molecule has 6 nitrogen and oxygen atoms in total. The number of hydrogen-bond acceptors (Lipinski definition) is 3. The molecule has 0 aromatic carbocycles. The number of rotatable bonds is 1. The van der Waals surface area contributed by atoms with Gasteiger partial charge in [0.25, 0.3) is 0 Å². The van der Waals surface area contributed by atoms with E-state index in [2.05, 4.69) is 37.5 Å². The van der Waals surface area contributed by atoms with E-state index >= 15 is 0 Å². The minimum absolute atomic E-state index is 0.0890. The van der Waals surface area contributed by atoms with Gasteiger partial charge in [-0.25, -0.2) is 9.98 Å². The van der Waals surface area contributed by atoms with Gasteiger partial charge in [-0.2, -0.15) is 0 Å². The molecular weight excluding hydrogens is 292 g/mol. The minimum atomic E-state index is 0.0890. The van der Waals surface area contributed by atoms with E-state index in [1.54, 1.807) is 0 Å². The molecule has 0 N–H and O–H groups in total. The highest BCUT2D eigenvalue weighted by Gasteiger charge is 2.48. The Labute approximate surface area is 139 Å². The minimum Gasteiger partial charge on any atom is -0.377 e.